The minimum absolute atomic E-state index is 0.527. The molecule has 0 aliphatic heterocycles. The molecule has 1 unspecified atom stereocenters. The zero-order valence-corrected chi connectivity index (χ0v) is 9.54. The first-order valence-electron chi connectivity index (χ1n) is 6.13. The van der Waals surface area contributed by atoms with E-state index in [0.717, 1.165) is 18.2 Å². The summed E-state index contributed by atoms with van der Waals surface area (Å²) in [7, 11) is 0. The standard InChI is InChI=1S/C13H21NO/c1-11(10-13-8-5-9-15-13)14-12-6-3-2-4-7-12/h5,8-9,11-12,14H,2-4,6-7,10H2,1H3. The van der Waals surface area contributed by atoms with E-state index >= 15 is 0 Å². The van der Waals surface area contributed by atoms with E-state index in [9.17, 15) is 0 Å². The van der Waals surface area contributed by atoms with E-state index in [4.69, 9.17) is 4.42 Å². The van der Waals surface area contributed by atoms with Crippen molar-refractivity contribution < 1.29 is 4.42 Å². The Morgan fingerprint density at radius 1 is 1.40 bits per heavy atom. The molecule has 2 nitrogen and oxygen atoms in total. The summed E-state index contributed by atoms with van der Waals surface area (Å²) in [5, 5.41) is 3.70. The van der Waals surface area contributed by atoms with Crippen LogP contribution in [0.2, 0.25) is 0 Å². The van der Waals surface area contributed by atoms with Gasteiger partial charge in [-0.25, -0.2) is 0 Å². The van der Waals surface area contributed by atoms with Gasteiger partial charge in [0.15, 0.2) is 0 Å². The lowest BCUT2D eigenvalue weighted by Crippen LogP contribution is -2.38. The van der Waals surface area contributed by atoms with Gasteiger partial charge in [-0.1, -0.05) is 19.3 Å². The second kappa shape index (κ2) is 5.36. The first-order valence-corrected chi connectivity index (χ1v) is 6.13. The number of nitrogens with one attached hydrogen (secondary N) is 1. The molecule has 0 radical (unpaired) electrons. The zero-order valence-electron chi connectivity index (χ0n) is 9.54. The molecule has 0 bridgehead atoms. The van der Waals surface area contributed by atoms with Crippen molar-refractivity contribution in [2.45, 2.75) is 57.5 Å². The largest absolute Gasteiger partial charge is 0.469 e. The van der Waals surface area contributed by atoms with Crippen LogP contribution in [0.15, 0.2) is 22.8 Å². The van der Waals surface area contributed by atoms with Gasteiger partial charge in [-0.3, -0.25) is 0 Å². The van der Waals surface area contributed by atoms with Crippen molar-refractivity contribution in [2.24, 2.45) is 0 Å². The molecule has 2 rings (SSSR count). The fourth-order valence-corrected chi connectivity index (χ4v) is 2.46. The van der Waals surface area contributed by atoms with E-state index in [-0.39, 0.29) is 0 Å². The lowest BCUT2D eigenvalue weighted by atomic mass is 9.94. The maximum Gasteiger partial charge on any atom is 0.105 e. The molecular weight excluding hydrogens is 186 g/mol. The van der Waals surface area contributed by atoms with Gasteiger partial charge in [0.05, 0.1) is 6.26 Å². The van der Waals surface area contributed by atoms with E-state index in [1.807, 2.05) is 6.07 Å². The quantitative estimate of drug-likeness (QED) is 0.820. The van der Waals surface area contributed by atoms with Crippen LogP contribution in [0.25, 0.3) is 0 Å². The molecule has 0 amide bonds. The Morgan fingerprint density at radius 3 is 2.87 bits per heavy atom. The van der Waals surface area contributed by atoms with Gasteiger partial charge in [-0.05, 0) is 31.9 Å². The van der Waals surface area contributed by atoms with Gasteiger partial charge < -0.3 is 9.73 Å². The summed E-state index contributed by atoms with van der Waals surface area (Å²) in [5.41, 5.74) is 0. The third-order valence-corrected chi connectivity index (χ3v) is 3.21. The molecule has 15 heavy (non-hydrogen) atoms. The fraction of sp³-hybridized carbons (Fsp3) is 0.692. The van der Waals surface area contributed by atoms with Crippen molar-refractivity contribution in [3.8, 4) is 0 Å². The van der Waals surface area contributed by atoms with Crippen molar-refractivity contribution in [3.05, 3.63) is 24.2 Å². The van der Waals surface area contributed by atoms with Gasteiger partial charge >= 0.3 is 0 Å². The molecule has 2 heteroatoms. The van der Waals surface area contributed by atoms with Gasteiger partial charge in [-0.2, -0.15) is 0 Å². The summed E-state index contributed by atoms with van der Waals surface area (Å²) in [6.45, 7) is 2.25. The third kappa shape index (κ3) is 3.38. The highest BCUT2D eigenvalue weighted by atomic mass is 16.3. The molecule has 1 aliphatic rings. The van der Waals surface area contributed by atoms with E-state index < -0.39 is 0 Å². The van der Waals surface area contributed by atoms with Crippen LogP contribution in [0.4, 0.5) is 0 Å². The van der Waals surface area contributed by atoms with E-state index in [0.29, 0.717) is 6.04 Å². The molecule has 1 atom stereocenters. The Balaban J connectivity index is 1.74. The van der Waals surface area contributed by atoms with Crippen LogP contribution in [0.5, 0.6) is 0 Å². The molecule has 0 aromatic carbocycles. The molecule has 1 aliphatic carbocycles. The van der Waals surface area contributed by atoms with E-state index in [2.05, 4.69) is 18.3 Å². The van der Waals surface area contributed by atoms with Gasteiger partial charge in [0, 0.05) is 18.5 Å². The number of rotatable bonds is 4. The average molecular weight is 207 g/mol. The number of hydrogen-bond acceptors (Lipinski definition) is 2. The molecule has 1 aromatic heterocycles. The van der Waals surface area contributed by atoms with Crippen molar-refractivity contribution in [2.75, 3.05) is 0 Å². The van der Waals surface area contributed by atoms with E-state index in [1.165, 1.54) is 32.1 Å². The summed E-state index contributed by atoms with van der Waals surface area (Å²) in [5.74, 6) is 1.09. The smallest absolute Gasteiger partial charge is 0.105 e. The molecule has 84 valence electrons. The van der Waals surface area contributed by atoms with Crippen LogP contribution >= 0.6 is 0 Å². The number of furan rings is 1. The molecule has 0 spiro atoms. The second-order valence-electron chi connectivity index (χ2n) is 4.69. The summed E-state index contributed by atoms with van der Waals surface area (Å²) in [4.78, 5) is 0. The van der Waals surface area contributed by atoms with Crippen molar-refractivity contribution in [1.29, 1.82) is 0 Å². The van der Waals surface area contributed by atoms with Crippen LogP contribution in [0.1, 0.15) is 44.8 Å². The molecule has 1 saturated carbocycles. The Kier molecular flexibility index (Phi) is 3.84. The van der Waals surface area contributed by atoms with Crippen LogP contribution in [0, 0.1) is 0 Å². The van der Waals surface area contributed by atoms with Gasteiger partial charge in [0.1, 0.15) is 5.76 Å². The van der Waals surface area contributed by atoms with Gasteiger partial charge in [0.25, 0.3) is 0 Å². The zero-order chi connectivity index (χ0) is 10.5. The van der Waals surface area contributed by atoms with Crippen LogP contribution in [-0.4, -0.2) is 12.1 Å². The molecule has 1 heterocycles. The lowest BCUT2D eigenvalue weighted by Gasteiger charge is -2.26. The second-order valence-corrected chi connectivity index (χ2v) is 4.69. The highest BCUT2D eigenvalue weighted by Gasteiger charge is 2.15. The normalized spacial score (nSPS) is 20.3. The van der Waals surface area contributed by atoms with Crippen LogP contribution in [0.3, 0.4) is 0 Å². The summed E-state index contributed by atoms with van der Waals surface area (Å²) >= 11 is 0. The molecule has 1 aromatic rings. The third-order valence-electron chi connectivity index (χ3n) is 3.21. The van der Waals surface area contributed by atoms with Crippen LogP contribution in [-0.2, 0) is 6.42 Å². The summed E-state index contributed by atoms with van der Waals surface area (Å²) in [6.07, 6.45) is 9.66. The summed E-state index contributed by atoms with van der Waals surface area (Å²) in [6, 6.07) is 5.28. The Hall–Kier alpha value is -0.760. The monoisotopic (exact) mass is 207 g/mol. The van der Waals surface area contributed by atoms with Gasteiger partial charge in [0.2, 0.25) is 0 Å². The van der Waals surface area contributed by atoms with Crippen molar-refractivity contribution >= 4 is 0 Å². The molecular formula is C13H21NO. The minimum atomic E-state index is 0.527. The first kappa shape index (κ1) is 10.7. The maximum absolute atomic E-state index is 5.35. The summed E-state index contributed by atoms with van der Waals surface area (Å²) < 4.78 is 5.35. The Labute approximate surface area is 92.1 Å². The number of hydrogen-bond donors (Lipinski definition) is 1. The maximum atomic E-state index is 5.35. The molecule has 0 saturated heterocycles. The van der Waals surface area contributed by atoms with E-state index in [1.54, 1.807) is 6.26 Å². The average Bonchev–Trinajstić information content (AvgIpc) is 2.71. The van der Waals surface area contributed by atoms with Crippen LogP contribution < -0.4 is 5.32 Å². The first-order chi connectivity index (χ1) is 7.34. The highest BCUT2D eigenvalue weighted by molar-refractivity contribution is 5.00. The topological polar surface area (TPSA) is 25.2 Å². The van der Waals surface area contributed by atoms with Gasteiger partial charge in [-0.15, -0.1) is 0 Å². The minimum Gasteiger partial charge on any atom is -0.469 e. The highest BCUT2D eigenvalue weighted by Crippen LogP contribution is 2.18. The fourth-order valence-electron chi connectivity index (χ4n) is 2.46. The molecule has 1 N–H and O–H groups in total. The van der Waals surface area contributed by atoms with Crippen molar-refractivity contribution in [1.82, 2.24) is 5.32 Å². The SMILES string of the molecule is CC(Cc1ccco1)NC1CCCCC1. The molecule has 1 fully saturated rings. The predicted octanol–water partition coefficient (Wildman–Crippen LogP) is 3.13. The van der Waals surface area contributed by atoms with Crippen molar-refractivity contribution in [3.63, 3.8) is 0 Å². The Morgan fingerprint density at radius 2 is 2.20 bits per heavy atom. The Bertz CT molecular complexity index is 262. The predicted molar refractivity (Wildman–Crippen MR) is 61.9 cm³/mol. The lowest BCUT2D eigenvalue weighted by molar-refractivity contribution is 0.335.